The van der Waals surface area contributed by atoms with Gasteiger partial charge in [0.15, 0.2) is 6.10 Å². The summed E-state index contributed by atoms with van der Waals surface area (Å²) in [6, 6.07) is 22.2. The van der Waals surface area contributed by atoms with Crippen LogP contribution in [-0.4, -0.2) is 17.2 Å². The molecule has 26 heavy (non-hydrogen) atoms. The molecule has 0 saturated heterocycles. The number of aliphatic carboxylic acids is 1. The summed E-state index contributed by atoms with van der Waals surface area (Å²) in [5.41, 5.74) is 2.82. The minimum Gasteiger partial charge on any atom is -0.478 e. The minimum absolute atomic E-state index is 0.163. The molecule has 1 N–H and O–H groups in total. The molecule has 3 aromatic carbocycles. The molecule has 0 spiro atoms. The fourth-order valence-electron chi connectivity index (χ4n) is 2.64. The number of carboxylic acids is 1. The largest absolute Gasteiger partial charge is 0.478 e. The number of carboxylic acid groups (broad SMARTS) is 1. The molecular weight excluding hydrogens is 371 g/mol. The van der Waals surface area contributed by atoms with Crippen molar-refractivity contribution in [3.63, 3.8) is 0 Å². The molecule has 3 nitrogen and oxygen atoms in total. The molecule has 3 aromatic rings. The molecule has 132 valence electrons. The van der Waals surface area contributed by atoms with Gasteiger partial charge in [0.1, 0.15) is 5.75 Å². The van der Waals surface area contributed by atoms with Gasteiger partial charge in [0.2, 0.25) is 0 Å². The topological polar surface area (TPSA) is 46.5 Å². The van der Waals surface area contributed by atoms with Crippen LogP contribution in [0, 0.1) is 0 Å². The third-order valence-electron chi connectivity index (χ3n) is 3.86. The number of rotatable bonds is 6. The predicted molar refractivity (Wildman–Crippen MR) is 104 cm³/mol. The zero-order valence-electron chi connectivity index (χ0n) is 13.7. The van der Waals surface area contributed by atoms with Gasteiger partial charge in [0.05, 0.1) is 0 Å². The molecule has 5 heteroatoms. The molecule has 0 aliphatic heterocycles. The van der Waals surface area contributed by atoms with E-state index < -0.39 is 12.1 Å². The summed E-state index contributed by atoms with van der Waals surface area (Å²) < 4.78 is 5.66. The molecule has 0 bridgehead atoms. The molecule has 1 unspecified atom stereocenters. The first-order chi connectivity index (χ1) is 12.5. The van der Waals surface area contributed by atoms with Crippen LogP contribution in [0.3, 0.4) is 0 Å². The van der Waals surface area contributed by atoms with E-state index in [9.17, 15) is 9.90 Å². The average molecular weight is 387 g/mol. The Morgan fingerprint density at radius 1 is 0.885 bits per heavy atom. The molecule has 0 saturated carbocycles. The van der Waals surface area contributed by atoms with E-state index in [0.29, 0.717) is 21.4 Å². The Balaban J connectivity index is 1.75. The number of ether oxygens (including phenoxy) is 1. The fourth-order valence-corrected chi connectivity index (χ4v) is 3.21. The number of hydrogen-bond donors (Lipinski definition) is 1. The van der Waals surface area contributed by atoms with Gasteiger partial charge in [-0.3, -0.25) is 0 Å². The van der Waals surface area contributed by atoms with Crippen LogP contribution >= 0.6 is 23.2 Å². The Morgan fingerprint density at radius 3 is 2.04 bits per heavy atom. The average Bonchev–Trinajstić information content (AvgIpc) is 2.61. The van der Waals surface area contributed by atoms with Crippen molar-refractivity contribution < 1.29 is 14.6 Å². The monoisotopic (exact) mass is 386 g/mol. The molecule has 0 heterocycles. The molecule has 0 aliphatic carbocycles. The molecule has 0 radical (unpaired) electrons. The summed E-state index contributed by atoms with van der Waals surface area (Å²) in [4.78, 5) is 11.6. The maximum Gasteiger partial charge on any atom is 0.345 e. The van der Waals surface area contributed by atoms with E-state index in [4.69, 9.17) is 27.9 Å². The Kier molecular flexibility index (Phi) is 5.82. The maximum atomic E-state index is 11.6. The highest BCUT2D eigenvalue weighted by Crippen LogP contribution is 2.24. The van der Waals surface area contributed by atoms with Crippen molar-refractivity contribution in [1.29, 1.82) is 0 Å². The van der Waals surface area contributed by atoms with Crippen molar-refractivity contribution in [2.45, 2.75) is 12.5 Å². The van der Waals surface area contributed by atoms with Crippen LogP contribution in [0.4, 0.5) is 0 Å². The predicted octanol–water partition coefficient (Wildman–Crippen LogP) is 5.74. The lowest BCUT2D eigenvalue weighted by Gasteiger charge is -2.16. The summed E-state index contributed by atoms with van der Waals surface area (Å²) in [6.45, 7) is 0. The van der Waals surface area contributed by atoms with Gasteiger partial charge in [-0.2, -0.15) is 0 Å². The van der Waals surface area contributed by atoms with Crippen molar-refractivity contribution in [1.82, 2.24) is 0 Å². The van der Waals surface area contributed by atoms with E-state index in [-0.39, 0.29) is 6.42 Å². The van der Waals surface area contributed by atoms with Crippen LogP contribution in [-0.2, 0) is 11.2 Å². The molecule has 0 amide bonds. The summed E-state index contributed by atoms with van der Waals surface area (Å²) in [6.07, 6.45) is -0.872. The van der Waals surface area contributed by atoms with Gasteiger partial charge < -0.3 is 9.84 Å². The molecule has 0 fully saturated rings. The van der Waals surface area contributed by atoms with Crippen LogP contribution in [0.25, 0.3) is 11.1 Å². The van der Waals surface area contributed by atoms with Crippen LogP contribution in [0.2, 0.25) is 10.0 Å². The number of benzene rings is 3. The Labute approximate surface area is 161 Å². The van der Waals surface area contributed by atoms with Gasteiger partial charge in [-0.1, -0.05) is 65.7 Å². The van der Waals surface area contributed by atoms with Gasteiger partial charge >= 0.3 is 5.97 Å². The summed E-state index contributed by atoms with van der Waals surface area (Å²) >= 11 is 12.0. The third-order valence-corrected chi connectivity index (χ3v) is 4.30. The quantitative estimate of drug-likeness (QED) is 0.587. The SMILES string of the molecule is O=C(O)C(Cc1cc(Cl)cc(Cl)c1)Oc1ccc(-c2ccccc2)cc1. The Hall–Kier alpha value is -2.49. The molecule has 0 aliphatic rings. The van der Waals surface area contributed by atoms with Crippen LogP contribution in [0.5, 0.6) is 5.75 Å². The van der Waals surface area contributed by atoms with Crippen molar-refractivity contribution >= 4 is 29.2 Å². The second-order valence-corrected chi connectivity index (χ2v) is 6.69. The Morgan fingerprint density at radius 2 is 1.46 bits per heavy atom. The molecule has 0 aromatic heterocycles. The lowest BCUT2D eigenvalue weighted by atomic mass is 10.1. The van der Waals surface area contributed by atoms with E-state index in [2.05, 4.69) is 0 Å². The summed E-state index contributed by atoms with van der Waals surface area (Å²) in [7, 11) is 0. The van der Waals surface area contributed by atoms with Crippen molar-refractivity contribution in [2.75, 3.05) is 0 Å². The van der Waals surface area contributed by atoms with Gasteiger partial charge in [0.25, 0.3) is 0 Å². The molecule has 1 atom stereocenters. The minimum atomic E-state index is -1.05. The van der Waals surface area contributed by atoms with Gasteiger partial charge in [-0.15, -0.1) is 0 Å². The van der Waals surface area contributed by atoms with Crippen molar-refractivity contribution in [3.05, 3.63) is 88.4 Å². The zero-order valence-corrected chi connectivity index (χ0v) is 15.2. The highest BCUT2D eigenvalue weighted by molar-refractivity contribution is 6.34. The molecular formula is C21H16Cl2O3. The fraction of sp³-hybridized carbons (Fsp3) is 0.0952. The summed E-state index contributed by atoms with van der Waals surface area (Å²) in [5.74, 6) is -0.557. The third kappa shape index (κ3) is 4.78. The number of carbonyl (C=O) groups is 1. The number of hydrogen-bond acceptors (Lipinski definition) is 2. The lowest BCUT2D eigenvalue weighted by molar-refractivity contribution is -0.145. The van der Waals surface area contributed by atoms with Crippen LogP contribution in [0.15, 0.2) is 72.8 Å². The maximum absolute atomic E-state index is 11.6. The van der Waals surface area contributed by atoms with E-state index >= 15 is 0 Å². The first-order valence-corrected chi connectivity index (χ1v) is 8.77. The number of halogens is 2. The van der Waals surface area contributed by atoms with E-state index in [1.807, 2.05) is 42.5 Å². The first kappa shape index (κ1) is 18.3. The van der Waals surface area contributed by atoms with Crippen LogP contribution < -0.4 is 4.74 Å². The second kappa shape index (κ2) is 8.26. The van der Waals surface area contributed by atoms with Crippen molar-refractivity contribution in [3.8, 4) is 16.9 Å². The second-order valence-electron chi connectivity index (χ2n) is 5.82. The Bertz CT molecular complexity index is 873. The smallest absolute Gasteiger partial charge is 0.345 e. The van der Waals surface area contributed by atoms with E-state index in [0.717, 1.165) is 11.1 Å². The zero-order chi connectivity index (χ0) is 18.5. The van der Waals surface area contributed by atoms with Gasteiger partial charge in [0, 0.05) is 16.5 Å². The molecule has 3 rings (SSSR count). The summed E-state index contributed by atoms with van der Waals surface area (Å²) in [5, 5.41) is 10.4. The standard InChI is InChI=1S/C21H16Cl2O3/c22-17-10-14(11-18(23)13-17)12-20(21(24)25)26-19-8-6-16(7-9-19)15-4-2-1-3-5-15/h1-11,13,20H,12H2,(H,24,25). The van der Waals surface area contributed by atoms with Gasteiger partial charge in [-0.05, 0) is 47.0 Å². The van der Waals surface area contributed by atoms with Gasteiger partial charge in [-0.25, -0.2) is 4.79 Å². The van der Waals surface area contributed by atoms with E-state index in [1.54, 1.807) is 30.3 Å². The van der Waals surface area contributed by atoms with E-state index in [1.165, 1.54) is 0 Å². The lowest BCUT2D eigenvalue weighted by Crippen LogP contribution is -2.29. The normalized spacial score (nSPS) is 11.8. The highest BCUT2D eigenvalue weighted by atomic mass is 35.5. The highest BCUT2D eigenvalue weighted by Gasteiger charge is 2.20. The first-order valence-electron chi connectivity index (χ1n) is 8.01. The van der Waals surface area contributed by atoms with Crippen molar-refractivity contribution in [2.24, 2.45) is 0 Å². The van der Waals surface area contributed by atoms with Crippen LogP contribution in [0.1, 0.15) is 5.56 Å².